The summed E-state index contributed by atoms with van der Waals surface area (Å²) in [6.07, 6.45) is 4.34. The Balaban J connectivity index is 2.14. The molecule has 1 aliphatic rings. The molecule has 0 unspecified atom stereocenters. The van der Waals surface area contributed by atoms with Crippen molar-refractivity contribution in [1.82, 2.24) is 0 Å². The molecule has 1 saturated carbocycles. The van der Waals surface area contributed by atoms with Crippen LogP contribution in [0.4, 0.5) is 5.69 Å². The highest BCUT2D eigenvalue weighted by atomic mass is 16.5. The van der Waals surface area contributed by atoms with Crippen molar-refractivity contribution in [3.8, 4) is 5.75 Å². The summed E-state index contributed by atoms with van der Waals surface area (Å²) < 4.78 is 5.82. The molecule has 18 heavy (non-hydrogen) atoms. The summed E-state index contributed by atoms with van der Waals surface area (Å²) in [4.78, 5) is 11.2. The summed E-state index contributed by atoms with van der Waals surface area (Å²) in [7, 11) is 0. The van der Waals surface area contributed by atoms with Crippen LogP contribution < -0.4 is 10.5 Å². The Kier molecular flexibility index (Phi) is 3.75. The minimum absolute atomic E-state index is 0.0797. The standard InChI is InChI=1S/C14H19NO3/c1-9-5-7-10(8-6-9)18-12-4-2-3-11(15)13(12)14(16)17/h2-4,9-10H,5-8,15H2,1H3,(H,16,17). The van der Waals surface area contributed by atoms with E-state index in [9.17, 15) is 4.79 Å². The monoisotopic (exact) mass is 249 g/mol. The highest BCUT2D eigenvalue weighted by Gasteiger charge is 2.22. The number of rotatable bonds is 3. The lowest BCUT2D eigenvalue weighted by Gasteiger charge is -2.27. The number of hydrogen-bond donors (Lipinski definition) is 2. The van der Waals surface area contributed by atoms with Crippen LogP contribution in [0.3, 0.4) is 0 Å². The average Bonchev–Trinajstić information content (AvgIpc) is 2.32. The fourth-order valence-corrected chi connectivity index (χ4v) is 2.40. The average molecular weight is 249 g/mol. The third-order valence-electron chi connectivity index (χ3n) is 3.53. The number of anilines is 1. The molecule has 0 saturated heterocycles. The van der Waals surface area contributed by atoms with E-state index >= 15 is 0 Å². The van der Waals surface area contributed by atoms with Gasteiger partial charge in [-0.2, -0.15) is 0 Å². The SMILES string of the molecule is CC1CCC(Oc2cccc(N)c2C(=O)O)CC1. The Morgan fingerprint density at radius 1 is 1.33 bits per heavy atom. The van der Waals surface area contributed by atoms with Crippen LogP contribution in [0.5, 0.6) is 5.75 Å². The van der Waals surface area contributed by atoms with Gasteiger partial charge in [-0.25, -0.2) is 4.79 Å². The van der Waals surface area contributed by atoms with Crippen LogP contribution in [0, 0.1) is 5.92 Å². The molecular formula is C14H19NO3. The predicted molar refractivity (Wildman–Crippen MR) is 69.9 cm³/mol. The summed E-state index contributed by atoms with van der Waals surface area (Å²) >= 11 is 0. The van der Waals surface area contributed by atoms with Crippen molar-refractivity contribution in [2.75, 3.05) is 5.73 Å². The molecule has 2 rings (SSSR count). The molecule has 4 nitrogen and oxygen atoms in total. The van der Waals surface area contributed by atoms with Crippen LogP contribution in [-0.2, 0) is 0 Å². The van der Waals surface area contributed by atoms with Gasteiger partial charge in [-0.3, -0.25) is 0 Å². The molecule has 3 N–H and O–H groups in total. The summed E-state index contributed by atoms with van der Waals surface area (Å²) in [5.74, 6) is 0.0963. The van der Waals surface area contributed by atoms with Gasteiger partial charge in [0.15, 0.2) is 0 Å². The second-order valence-corrected chi connectivity index (χ2v) is 5.03. The van der Waals surface area contributed by atoms with Crippen molar-refractivity contribution >= 4 is 11.7 Å². The van der Waals surface area contributed by atoms with Gasteiger partial charge in [0.2, 0.25) is 0 Å². The van der Waals surface area contributed by atoms with Crippen molar-refractivity contribution in [1.29, 1.82) is 0 Å². The van der Waals surface area contributed by atoms with Crippen LogP contribution in [0.15, 0.2) is 18.2 Å². The first-order valence-electron chi connectivity index (χ1n) is 6.36. The lowest BCUT2D eigenvalue weighted by Crippen LogP contribution is -2.24. The van der Waals surface area contributed by atoms with E-state index in [1.165, 1.54) is 0 Å². The van der Waals surface area contributed by atoms with E-state index in [0.29, 0.717) is 5.75 Å². The smallest absolute Gasteiger partial charge is 0.341 e. The number of carboxylic acids is 1. The van der Waals surface area contributed by atoms with E-state index in [2.05, 4.69) is 6.92 Å². The normalized spacial score (nSPS) is 23.6. The summed E-state index contributed by atoms with van der Waals surface area (Å²) in [5, 5.41) is 9.16. The Bertz CT molecular complexity index is 437. The molecule has 4 heteroatoms. The van der Waals surface area contributed by atoms with E-state index in [-0.39, 0.29) is 17.4 Å². The zero-order valence-electron chi connectivity index (χ0n) is 10.6. The molecule has 0 spiro atoms. The van der Waals surface area contributed by atoms with Gasteiger partial charge in [0.25, 0.3) is 0 Å². The highest BCUT2D eigenvalue weighted by Crippen LogP contribution is 2.30. The summed E-state index contributed by atoms with van der Waals surface area (Å²) in [6, 6.07) is 4.99. The number of aromatic carboxylic acids is 1. The molecule has 1 aromatic carbocycles. The zero-order valence-corrected chi connectivity index (χ0v) is 10.6. The first-order chi connectivity index (χ1) is 8.58. The number of hydrogen-bond acceptors (Lipinski definition) is 3. The Morgan fingerprint density at radius 2 is 2.00 bits per heavy atom. The van der Waals surface area contributed by atoms with Gasteiger partial charge in [-0.15, -0.1) is 0 Å². The van der Waals surface area contributed by atoms with Crippen LogP contribution in [0.1, 0.15) is 43.0 Å². The van der Waals surface area contributed by atoms with Gasteiger partial charge >= 0.3 is 5.97 Å². The van der Waals surface area contributed by atoms with Gasteiger partial charge in [0, 0.05) is 5.69 Å². The van der Waals surface area contributed by atoms with Crippen LogP contribution in [0.2, 0.25) is 0 Å². The fraction of sp³-hybridized carbons (Fsp3) is 0.500. The molecule has 1 aromatic rings. The van der Waals surface area contributed by atoms with Crippen molar-refractivity contribution in [2.45, 2.75) is 38.7 Å². The van der Waals surface area contributed by atoms with E-state index < -0.39 is 5.97 Å². The third-order valence-corrected chi connectivity index (χ3v) is 3.53. The third kappa shape index (κ3) is 2.75. The molecule has 0 atom stereocenters. The molecule has 0 amide bonds. The number of carbonyl (C=O) groups is 1. The van der Waals surface area contributed by atoms with E-state index in [4.69, 9.17) is 15.6 Å². The second kappa shape index (κ2) is 5.29. The van der Waals surface area contributed by atoms with Gasteiger partial charge in [0.1, 0.15) is 11.3 Å². The lowest BCUT2D eigenvalue weighted by atomic mass is 9.89. The predicted octanol–water partition coefficient (Wildman–Crippen LogP) is 2.92. The maximum Gasteiger partial charge on any atom is 0.341 e. The maximum atomic E-state index is 11.2. The number of nitrogens with two attached hydrogens (primary N) is 1. The number of ether oxygens (including phenoxy) is 1. The lowest BCUT2D eigenvalue weighted by molar-refractivity contribution is 0.0685. The first kappa shape index (κ1) is 12.7. The molecule has 0 bridgehead atoms. The summed E-state index contributed by atoms with van der Waals surface area (Å²) in [6.45, 7) is 2.24. The molecule has 0 heterocycles. The molecule has 0 aromatic heterocycles. The molecule has 98 valence electrons. The number of benzene rings is 1. The van der Waals surface area contributed by atoms with Crippen molar-refractivity contribution < 1.29 is 14.6 Å². The first-order valence-corrected chi connectivity index (χ1v) is 6.36. The van der Waals surface area contributed by atoms with Crippen molar-refractivity contribution in [3.63, 3.8) is 0 Å². The van der Waals surface area contributed by atoms with Crippen LogP contribution in [0.25, 0.3) is 0 Å². The van der Waals surface area contributed by atoms with Crippen LogP contribution >= 0.6 is 0 Å². The van der Waals surface area contributed by atoms with E-state index in [1.807, 2.05) is 0 Å². The number of carboxylic acid groups (broad SMARTS) is 1. The van der Waals surface area contributed by atoms with Crippen LogP contribution in [-0.4, -0.2) is 17.2 Å². The van der Waals surface area contributed by atoms with Crippen molar-refractivity contribution in [3.05, 3.63) is 23.8 Å². The number of nitrogen functional groups attached to an aromatic ring is 1. The van der Waals surface area contributed by atoms with Gasteiger partial charge < -0.3 is 15.6 Å². The Hall–Kier alpha value is -1.71. The quantitative estimate of drug-likeness (QED) is 0.808. The van der Waals surface area contributed by atoms with Crippen molar-refractivity contribution in [2.24, 2.45) is 5.92 Å². The second-order valence-electron chi connectivity index (χ2n) is 5.03. The minimum atomic E-state index is -1.03. The maximum absolute atomic E-state index is 11.2. The topological polar surface area (TPSA) is 72.5 Å². The fourth-order valence-electron chi connectivity index (χ4n) is 2.40. The highest BCUT2D eigenvalue weighted by molar-refractivity contribution is 5.96. The zero-order chi connectivity index (χ0) is 13.1. The Morgan fingerprint density at radius 3 is 2.61 bits per heavy atom. The molecular weight excluding hydrogens is 230 g/mol. The molecule has 0 aliphatic heterocycles. The van der Waals surface area contributed by atoms with Gasteiger partial charge in [0.05, 0.1) is 6.10 Å². The molecule has 0 radical (unpaired) electrons. The van der Waals surface area contributed by atoms with Gasteiger partial charge in [-0.1, -0.05) is 13.0 Å². The minimum Gasteiger partial charge on any atom is -0.489 e. The van der Waals surface area contributed by atoms with E-state index in [0.717, 1.165) is 31.6 Å². The Labute approximate surface area is 107 Å². The van der Waals surface area contributed by atoms with E-state index in [1.54, 1.807) is 18.2 Å². The largest absolute Gasteiger partial charge is 0.489 e. The van der Waals surface area contributed by atoms with Gasteiger partial charge in [-0.05, 0) is 43.7 Å². The molecule has 1 fully saturated rings. The summed E-state index contributed by atoms with van der Waals surface area (Å²) in [5.41, 5.74) is 6.02. The molecule has 1 aliphatic carbocycles.